The quantitative estimate of drug-likeness (QED) is 0.625. The summed E-state index contributed by atoms with van der Waals surface area (Å²) in [7, 11) is 0. The van der Waals surface area contributed by atoms with Crippen LogP contribution in [-0.4, -0.2) is 5.78 Å². The van der Waals surface area contributed by atoms with Gasteiger partial charge in [0.05, 0.1) is 5.02 Å². The van der Waals surface area contributed by atoms with Gasteiger partial charge in [-0.25, -0.2) is 0 Å². The average molecular weight is 305 g/mol. The van der Waals surface area contributed by atoms with Crippen LogP contribution >= 0.6 is 23.2 Å². The summed E-state index contributed by atoms with van der Waals surface area (Å²) in [5, 5.41) is 1.94. The van der Waals surface area contributed by atoms with E-state index in [1.807, 2.05) is 24.3 Å². The van der Waals surface area contributed by atoms with Gasteiger partial charge in [-0.15, -0.1) is 0 Å². The zero-order valence-corrected chi connectivity index (χ0v) is 11.9. The van der Waals surface area contributed by atoms with Gasteiger partial charge < -0.3 is 4.42 Å². The van der Waals surface area contributed by atoms with Crippen LogP contribution in [0.1, 0.15) is 16.1 Å². The summed E-state index contributed by atoms with van der Waals surface area (Å²) < 4.78 is 5.55. The van der Waals surface area contributed by atoms with E-state index in [4.69, 9.17) is 27.6 Å². The Morgan fingerprint density at radius 3 is 2.60 bits per heavy atom. The highest BCUT2D eigenvalue weighted by atomic mass is 35.5. The van der Waals surface area contributed by atoms with Gasteiger partial charge in [0.1, 0.15) is 0 Å². The van der Waals surface area contributed by atoms with Crippen LogP contribution in [0.2, 0.25) is 10.0 Å². The van der Waals surface area contributed by atoms with Gasteiger partial charge in [0.2, 0.25) is 5.78 Å². The Morgan fingerprint density at radius 1 is 1.05 bits per heavy atom. The third-order valence-electron chi connectivity index (χ3n) is 3.02. The fraction of sp³-hybridized carbons (Fsp3) is 0.0625. The summed E-state index contributed by atoms with van der Waals surface area (Å²) in [6, 6.07) is 14.4. The molecule has 0 amide bonds. The van der Waals surface area contributed by atoms with E-state index in [0.29, 0.717) is 21.4 Å². The minimum Gasteiger partial charge on any atom is -0.451 e. The molecule has 0 spiro atoms. The lowest BCUT2D eigenvalue weighted by molar-refractivity contribution is 0.0968. The Morgan fingerprint density at radius 2 is 1.85 bits per heavy atom. The number of carbonyl (C=O) groups is 1. The molecule has 0 aliphatic heterocycles. The average Bonchev–Trinajstić information content (AvgIpc) is 2.84. The SMILES string of the molecule is O=C(Cc1cccc(Cl)c1)c1cc2cccc(Cl)c2o1. The summed E-state index contributed by atoms with van der Waals surface area (Å²) >= 11 is 11.9. The van der Waals surface area contributed by atoms with E-state index in [0.717, 1.165) is 10.9 Å². The second-order valence-corrected chi connectivity index (χ2v) is 5.34. The van der Waals surface area contributed by atoms with Gasteiger partial charge in [-0.3, -0.25) is 4.79 Å². The number of rotatable bonds is 3. The van der Waals surface area contributed by atoms with Crippen LogP contribution in [-0.2, 0) is 6.42 Å². The number of carbonyl (C=O) groups excluding carboxylic acids is 1. The van der Waals surface area contributed by atoms with E-state index < -0.39 is 0 Å². The highest BCUT2D eigenvalue weighted by Gasteiger charge is 2.14. The molecular weight excluding hydrogens is 295 g/mol. The first kappa shape index (κ1) is 13.2. The fourth-order valence-electron chi connectivity index (χ4n) is 2.08. The third kappa shape index (κ3) is 2.58. The molecule has 0 fully saturated rings. The number of ketones is 1. The van der Waals surface area contributed by atoms with Gasteiger partial charge in [-0.2, -0.15) is 0 Å². The highest BCUT2D eigenvalue weighted by Crippen LogP contribution is 2.27. The molecule has 0 radical (unpaired) electrons. The van der Waals surface area contributed by atoms with Crippen molar-refractivity contribution in [1.82, 2.24) is 0 Å². The van der Waals surface area contributed by atoms with Crippen LogP contribution in [0.4, 0.5) is 0 Å². The number of halogens is 2. The minimum atomic E-state index is -0.0977. The van der Waals surface area contributed by atoms with Gasteiger partial charge in [0.15, 0.2) is 11.3 Å². The fourth-order valence-corrected chi connectivity index (χ4v) is 2.52. The molecule has 0 bridgehead atoms. The highest BCUT2D eigenvalue weighted by molar-refractivity contribution is 6.34. The number of Topliss-reactive ketones (excluding diaryl/α,β-unsaturated/α-hetero) is 1. The van der Waals surface area contributed by atoms with E-state index in [-0.39, 0.29) is 12.2 Å². The molecular formula is C16H10Cl2O2. The first-order valence-corrected chi connectivity index (χ1v) is 6.85. The molecule has 20 heavy (non-hydrogen) atoms. The first-order chi connectivity index (χ1) is 9.63. The lowest BCUT2D eigenvalue weighted by Gasteiger charge is -1.99. The van der Waals surface area contributed by atoms with Gasteiger partial charge in [-0.05, 0) is 29.8 Å². The Hall–Kier alpha value is -1.77. The van der Waals surface area contributed by atoms with Crippen LogP contribution in [0.3, 0.4) is 0 Å². The molecule has 4 heteroatoms. The zero-order chi connectivity index (χ0) is 14.1. The molecule has 0 saturated heterocycles. The van der Waals surface area contributed by atoms with E-state index in [1.165, 1.54) is 0 Å². The van der Waals surface area contributed by atoms with Crippen molar-refractivity contribution < 1.29 is 9.21 Å². The predicted molar refractivity (Wildman–Crippen MR) is 80.7 cm³/mol. The van der Waals surface area contributed by atoms with Crippen LogP contribution in [0.25, 0.3) is 11.0 Å². The van der Waals surface area contributed by atoms with Crippen molar-refractivity contribution in [3.63, 3.8) is 0 Å². The van der Waals surface area contributed by atoms with Crippen molar-refractivity contribution >= 4 is 40.0 Å². The Kier molecular flexibility index (Phi) is 3.51. The Balaban J connectivity index is 1.91. The second-order valence-electron chi connectivity index (χ2n) is 4.50. The molecule has 0 saturated carbocycles. The molecule has 1 heterocycles. The second kappa shape index (κ2) is 5.31. The van der Waals surface area contributed by atoms with Crippen molar-refractivity contribution in [1.29, 1.82) is 0 Å². The smallest absolute Gasteiger partial charge is 0.202 e. The van der Waals surface area contributed by atoms with Crippen molar-refractivity contribution in [3.05, 3.63) is 69.9 Å². The topological polar surface area (TPSA) is 30.2 Å². The molecule has 2 nitrogen and oxygen atoms in total. The van der Waals surface area contributed by atoms with Crippen LogP contribution in [0.5, 0.6) is 0 Å². The van der Waals surface area contributed by atoms with Gasteiger partial charge in [0, 0.05) is 16.8 Å². The molecule has 2 aromatic carbocycles. The van der Waals surface area contributed by atoms with E-state index in [9.17, 15) is 4.79 Å². The lowest BCUT2D eigenvalue weighted by Crippen LogP contribution is -2.01. The number of hydrogen-bond donors (Lipinski definition) is 0. The lowest BCUT2D eigenvalue weighted by atomic mass is 10.1. The number of hydrogen-bond acceptors (Lipinski definition) is 2. The largest absolute Gasteiger partial charge is 0.451 e. The molecule has 3 rings (SSSR count). The molecule has 3 aromatic rings. The van der Waals surface area contributed by atoms with Crippen molar-refractivity contribution in [2.45, 2.75) is 6.42 Å². The van der Waals surface area contributed by atoms with Crippen molar-refractivity contribution in [2.75, 3.05) is 0 Å². The Bertz CT molecular complexity index is 790. The predicted octanol–water partition coefficient (Wildman–Crippen LogP) is 5.17. The molecule has 100 valence electrons. The summed E-state index contributed by atoms with van der Waals surface area (Å²) in [6.07, 6.45) is 0.248. The van der Waals surface area contributed by atoms with Crippen LogP contribution in [0, 0.1) is 0 Å². The summed E-state index contributed by atoms with van der Waals surface area (Å²) in [5.41, 5.74) is 1.40. The zero-order valence-electron chi connectivity index (χ0n) is 10.4. The maximum atomic E-state index is 12.2. The van der Waals surface area contributed by atoms with Crippen molar-refractivity contribution in [2.24, 2.45) is 0 Å². The van der Waals surface area contributed by atoms with Gasteiger partial charge >= 0.3 is 0 Å². The van der Waals surface area contributed by atoms with Crippen LogP contribution in [0.15, 0.2) is 52.9 Å². The molecule has 0 atom stereocenters. The standard InChI is InChI=1S/C16H10Cl2O2/c17-12-5-1-3-10(7-12)8-14(19)15-9-11-4-2-6-13(18)16(11)20-15/h1-7,9H,8H2. The normalized spacial score (nSPS) is 10.9. The number of furan rings is 1. The molecule has 1 aromatic heterocycles. The van der Waals surface area contributed by atoms with Crippen LogP contribution < -0.4 is 0 Å². The van der Waals surface area contributed by atoms with E-state index in [1.54, 1.807) is 24.3 Å². The molecule has 0 unspecified atom stereocenters. The maximum Gasteiger partial charge on any atom is 0.202 e. The van der Waals surface area contributed by atoms with Gasteiger partial charge in [-0.1, -0.05) is 47.5 Å². The summed E-state index contributed by atoms with van der Waals surface area (Å²) in [4.78, 5) is 12.2. The summed E-state index contributed by atoms with van der Waals surface area (Å²) in [6.45, 7) is 0. The van der Waals surface area contributed by atoms with E-state index >= 15 is 0 Å². The Labute approximate surface area is 125 Å². The first-order valence-electron chi connectivity index (χ1n) is 6.09. The number of para-hydroxylation sites is 1. The minimum absolute atomic E-state index is 0.0977. The third-order valence-corrected chi connectivity index (χ3v) is 3.56. The van der Waals surface area contributed by atoms with Gasteiger partial charge in [0.25, 0.3) is 0 Å². The molecule has 0 aliphatic rings. The monoisotopic (exact) mass is 304 g/mol. The van der Waals surface area contributed by atoms with E-state index in [2.05, 4.69) is 0 Å². The number of fused-ring (bicyclic) bond motifs is 1. The maximum absolute atomic E-state index is 12.2. The number of benzene rings is 2. The molecule has 0 N–H and O–H groups in total. The molecule has 0 aliphatic carbocycles. The summed E-state index contributed by atoms with van der Waals surface area (Å²) in [5.74, 6) is 0.215. The van der Waals surface area contributed by atoms with Crippen molar-refractivity contribution in [3.8, 4) is 0 Å².